The largest absolute Gasteiger partial charge is 0.399 e. The zero-order chi connectivity index (χ0) is 10.0. The van der Waals surface area contributed by atoms with E-state index < -0.39 is 0 Å². The van der Waals surface area contributed by atoms with Crippen LogP contribution in [0.2, 0.25) is 5.02 Å². The van der Waals surface area contributed by atoms with Crippen LogP contribution in [0.15, 0.2) is 12.1 Å². The second-order valence-corrected chi connectivity index (χ2v) is 3.00. The summed E-state index contributed by atoms with van der Waals surface area (Å²) >= 11 is 5.72. The molecule has 1 rings (SSSR count). The first-order valence-electron chi connectivity index (χ1n) is 3.56. The average molecular weight is 195 g/mol. The Labute approximate surface area is 80.7 Å². The van der Waals surface area contributed by atoms with Gasteiger partial charge in [-0.25, -0.2) is 0 Å². The molecule has 0 saturated carbocycles. The van der Waals surface area contributed by atoms with Crippen molar-refractivity contribution in [2.24, 2.45) is 0 Å². The van der Waals surface area contributed by atoms with E-state index in [1.807, 2.05) is 6.07 Å². The monoisotopic (exact) mass is 194 g/mol. The summed E-state index contributed by atoms with van der Waals surface area (Å²) < 4.78 is 0. The Morgan fingerprint density at radius 1 is 1.62 bits per heavy atom. The Hall–Kier alpha value is -1.53. The molecule has 0 atom stereocenters. The number of rotatable bonds is 1. The average Bonchev–Trinajstić information content (AvgIpc) is 2.02. The van der Waals surface area contributed by atoms with E-state index in [1.165, 1.54) is 19.1 Å². The van der Waals surface area contributed by atoms with E-state index in [-0.39, 0.29) is 21.9 Å². The molecule has 0 saturated heterocycles. The number of nitrogens with two attached hydrogens (primary N) is 1. The van der Waals surface area contributed by atoms with E-state index in [0.29, 0.717) is 5.69 Å². The number of nitrogens with zero attached hydrogens (tertiary/aromatic N) is 1. The lowest BCUT2D eigenvalue weighted by atomic mass is 10.0. The minimum Gasteiger partial charge on any atom is -0.399 e. The summed E-state index contributed by atoms with van der Waals surface area (Å²) in [6.45, 7) is 1.37. The van der Waals surface area contributed by atoms with E-state index in [2.05, 4.69) is 0 Å². The van der Waals surface area contributed by atoms with Crippen LogP contribution in [-0.4, -0.2) is 5.78 Å². The van der Waals surface area contributed by atoms with Crippen molar-refractivity contribution in [2.45, 2.75) is 6.92 Å². The van der Waals surface area contributed by atoms with Gasteiger partial charge in [0.1, 0.15) is 6.07 Å². The van der Waals surface area contributed by atoms with Crippen molar-refractivity contribution in [3.8, 4) is 6.07 Å². The summed E-state index contributed by atoms with van der Waals surface area (Å²) in [4.78, 5) is 11.1. The quantitative estimate of drug-likeness (QED) is 0.549. The van der Waals surface area contributed by atoms with Gasteiger partial charge in [0.15, 0.2) is 5.78 Å². The third kappa shape index (κ3) is 1.79. The van der Waals surface area contributed by atoms with Gasteiger partial charge in [0.05, 0.1) is 10.6 Å². The van der Waals surface area contributed by atoms with E-state index in [0.717, 1.165) is 0 Å². The van der Waals surface area contributed by atoms with Gasteiger partial charge in [-0.2, -0.15) is 5.26 Å². The Morgan fingerprint density at radius 2 is 2.23 bits per heavy atom. The van der Waals surface area contributed by atoms with Crippen LogP contribution in [0.5, 0.6) is 0 Å². The highest BCUT2D eigenvalue weighted by Gasteiger charge is 2.11. The van der Waals surface area contributed by atoms with Gasteiger partial charge < -0.3 is 5.73 Å². The Bertz CT molecular complexity index is 407. The van der Waals surface area contributed by atoms with Crippen molar-refractivity contribution in [1.29, 1.82) is 5.26 Å². The molecule has 2 N–H and O–H groups in total. The molecule has 0 unspecified atom stereocenters. The molecule has 0 amide bonds. The first-order chi connectivity index (χ1) is 6.06. The number of anilines is 1. The second-order valence-electron chi connectivity index (χ2n) is 2.59. The van der Waals surface area contributed by atoms with E-state index in [1.54, 1.807) is 0 Å². The highest BCUT2D eigenvalue weighted by Crippen LogP contribution is 2.23. The van der Waals surface area contributed by atoms with Crippen LogP contribution in [0.1, 0.15) is 22.8 Å². The van der Waals surface area contributed by atoms with Gasteiger partial charge in [-0.1, -0.05) is 11.6 Å². The van der Waals surface area contributed by atoms with Crippen LogP contribution in [0, 0.1) is 11.3 Å². The molecule has 0 spiro atoms. The molecule has 66 valence electrons. The van der Waals surface area contributed by atoms with Crippen LogP contribution in [0.3, 0.4) is 0 Å². The maximum Gasteiger partial charge on any atom is 0.161 e. The van der Waals surface area contributed by atoms with Crippen LogP contribution in [0.4, 0.5) is 5.69 Å². The first-order valence-corrected chi connectivity index (χ1v) is 3.94. The van der Waals surface area contributed by atoms with Gasteiger partial charge >= 0.3 is 0 Å². The van der Waals surface area contributed by atoms with Crippen molar-refractivity contribution in [2.75, 3.05) is 5.73 Å². The van der Waals surface area contributed by atoms with Crippen LogP contribution < -0.4 is 5.73 Å². The Morgan fingerprint density at radius 3 is 2.69 bits per heavy atom. The molecule has 0 aromatic heterocycles. The van der Waals surface area contributed by atoms with Crippen LogP contribution in [-0.2, 0) is 0 Å². The summed E-state index contributed by atoms with van der Waals surface area (Å²) in [6, 6.07) is 4.77. The number of benzene rings is 1. The normalized spacial score (nSPS) is 9.31. The van der Waals surface area contributed by atoms with Gasteiger partial charge in [0.2, 0.25) is 0 Å². The molecule has 0 radical (unpaired) electrons. The molecular weight excluding hydrogens is 188 g/mol. The maximum absolute atomic E-state index is 11.1. The van der Waals surface area contributed by atoms with Gasteiger partial charge in [-0.15, -0.1) is 0 Å². The van der Waals surface area contributed by atoms with Crippen molar-refractivity contribution in [3.05, 3.63) is 28.3 Å². The van der Waals surface area contributed by atoms with E-state index >= 15 is 0 Å². The predicted octanol–water partition coefficient (Wildman–Crippen LogP) is 2.00. The first kappa shape index (κ1) is 9.56. The van der Waals surface area contributed by atoms with Crippen LogP contribution in [0.25, 0.3) is 0 Å². The minimum absolute atomic E-state index is 0.184. The second kappa shape index (κ2) is 3.46. The zero-order valence-corrected chi connectivity index (χ0v) is 7.72. The molecule has 1 aromatic carbocycles. The number of ketones is 1. The molecule has 0 aliphatic heterocycles. The highest BCUT2D eigenvalue weighted by molar-refractivity contribution is 6.32. The molecule has 13 heavy (non-hydrogen) atoms. The summed E-state index contributed by atoms with van der Waals surface area (Å²) in [6.07, 6.45) is 0. The lowest BCUT2D eigenvalue weighted by molar-refractivity contribution is 0.101. The third-order valence-electron chi connectivity index (χ3n) is 1.60. The van der Waals surface area contributed by atoms with Gasteiger partial charge in [0, 0.05) is 11.3 Å². The highest BCUT2D eigenvalue weighted by atomic mass is 35.5. The fourth-order valence-corrected chi connectivity index (χ4v) is 1.29. The molecule has 0 aliphatic rings. The summed E-state index contributed by atoms with van der Waals surface area (Å²) in [5.74, 6) is -0.217. The minimum atomic E-state index is -0.217. The number of halogens is 1. The topological polar surface area (TPSA) is 66.9 Å². The molecule has 0 aliphatic carbocycles. The van der Waals surface area contributed by atoms with Gasteiger partial charge in [0.25, 0.3) is 0 Å². The van der Waals surface area contributed by atoms with E-state index in [9.17, 15) is 4.79 Å². The number of carbonyl (C=O) groups excluding carboxylic acids is 1. The molecule has 3 nitrogen and oxygen atoms in total. The molecular formula is C9H7ClN2O. The summed E-state index contributed by atoms with van der Waals surface area (Å²) in [5, 5.41) is 8.93. The molecule has 1 aromatic rings. The summed E-state index contributed by atoms with van der Waals surface area (Å²) in [5.41, 5.74) is 6.31. The van der Waals surface area contributed by atoms with Crippen molar-refractivity contribution >= 4 is 23.1 Å². The number of hydrogen-bond acceptors (Lipinski definition) is 3. The fourth-order valence-electron chi connectivity index (χ4n) is 1.02. The molecule has 0 bridgehead atoms. The summed E-state index contributed by atoms with van der Waals surface area (Å²) in [7, 11) is 0. The van der Waals surface area contributed by atoms with Gasteiger partial charge in [-0.3, -0.25) is 4.79 Å². The molecule has 0 fully saturated rings. The zero-order valence-electron chi connectivity index (χ0n) is 6.97. The SMILES string of the molecule is CC(=O)c1cc(N)cc(Cl)c1C#N. The van der Waals surface area contributed by atoms with E-state index in [4.69, 9.17) is 22.6 Å². The maximum atomic E-state index is 11.1. The molecule has 0 heterocycles. The van der Waals surface area contributed by atoms with Crippen molar-refractivity contribution in [1.82, 2.24) is 0 Å². The number of Topliss-reactive ketones (excluding diaryl/α,β-unsaturated/α-hetero) is 1. The number of carbonyl (C=O) groups is 1. The standard InChI is InChI=1S/C9H7ClN2O/c1-5(13)7-2-6(12)3-9(10)8(7)4-11/h2-3H,12H2,1H3. The number of hydrogen-bond donors (Lipinski definition) is 1. The van der Waals surface area contributed by atoms with Crippen molar-refractivity contribution < 1.29 is 4.79 Å². The Balaban J connectivity index is 3.50. The number of nitriles is 1. The smallest absolute Gasteiger partial charge is 0.161 e. The lowest BCUT2D eigenvalue weighted by Crippen LogP contribution is -1.99. The third-order valence-corrected chi connectivity index (χ3v) is 1.90. The fraction of sp³-hybridized carbons (Fsp3) is 0.111. The lowest BCUT2D eigenvalue weighted by Gasteiger charge is -2.03. The predicted molar refractivity (Wildman–Crippen MR) is 50.6 cm³/mol. The number of nitrogen functional groups attached to an aromatic ring is 1. The van der Waals surface area contributed by atoms with Crippen LogP contribution >= 0.6 is 11.6 Å². The molecule has 4 heteroatoms. The van der Waals surface area contributed by atoms with Crippen molar-refractivity contribution in [3.63, 3.8) is 0 Å². The van der Waals surface area contributed by atoms with Gasteiger partial charge in [-0.05, 0) is 19.1 Å². The Kier molecular flexibility index (Phi) is 2.54.